The van der Waals surface area contributed by atoms with Gasteiger partial charge in [0, 0.05) is 29.2 Å². The van der Waals surface area contributed by atoms with E-state index in [-0.39, 0.29) is 5.76 Å². The van der Waals surface area contributed by atoms with Crippen LogP contribution in [0.1, 0.15) is 29.0 Å². The summed E-state index contributed by atoms with van der Waals surface area (Å²) < 4.78 is 5.51. The van der Waals surface area contributed by atoms with Gasteiger partial charge < -0.3 is 9.32 Å². The number of benzene rings is 2. The summed E-state index contributed by atoms with van der Waals surface area (Å²) in [6, 6.07) is 15.0. The van der Waals surface area contributed by atoms with E-state index in [0.717, 1.165) is 24.0 Å². The number of rotatable bonds is 4. The van der Waals surface area contributed by atoms with E-state index in [1.54, 1.807) is 30.5 Å². The zero-order valence-corrected chi connectivity index (χ0v) is 14.9. The van der Waals surface area contributed by atoms with Crippen LogP contribution in [0.25, 0.3) is 11.0 Å². The number of anilines is 1. The Labute approximate surface area is 156 Å². The number of carbonyl (C=O) groups is 1. The molecule has 1 aliphatic heterocycles. The summed E-state index contributed by atoms with van der Waals surface area (Å²) in [6.45, 7) is 2.23. The number of halogens is 1. The minimum atomic E-state index is -0.401. The molecular weight excluding hydrogens is 350 g/mol. The highest BCUT2D eigenvalue weighted by molar-refractivity contribution is 6.31. The molecule has 6 heteroatoms. The van der Waals surface area contributed by atoms with Crippen LogP contribution in [0.15, 0.2) is 58.0 Å². The molecule has 0 atom stereocenters. The quantitative estimate of drug-likeness (QED) is 0.547. The van der Waals surface area contributed by atoms with Gasteiger partial charge in [-0.15, -0.1) is 0 Å². The molecule has 0 unspecified atom stereocenters. The first-order valence-corrected chi connectivity index (χ1v) is 8.94. The zero-order chi connectivity index (χ0) is 17.9. The molecule has 4 rings (SSSR count). The van der Waals surface area contributed by atoms with Crippen molar-refractivity contribution in [2.24, 2.45) is 5.10 Å². The highest BCUT2D eigenvalue weighted by atomic mass is 35.5. The van der Waals surface area contributed by atoms with Crippen LogP contribution in [-0.2, 0) is 0 Å². The Kier molecular flexibility index (Phi) is 4.63. The van der Waals surface area contributed by atoms with Gasteiger partial charge in [0.1, 0.15) is 5.58 Å². The smallest absolute Gasteiger partial charge is 0.307 e. The van der Waals surface area contributed by atoms with Crippen LogP contribution in [0.2, 0.25) is 5.02 Å². The third kappa shape index (κ3) is 3.58. The Bertz CT molecular complexity index is 957. The van der Waals surface area contributed by atoms with Crippen molar-refractivity contribution in [3.05, 3.63) is 64.9 Å². The third-order valence-electron chi connectivity index (χ3n) is 4.45. The summed E-state index contributed by atoms with van der Waals surface area (Å²) in [4.78, 5) is 14.5. The van der Waals surface area contributed by atoms with Crippen molar-refractivity contribution in [3.63, 3.8) is 0 Å². The predicted octanol–water partition coefficient (Wildman–Crippen LogP) is 4.45. The van der Waals surface area contributed by atoms with Gasteiger partial charge in [0.15, 0.2) is 5.76 Å². The number of amides is 1. The van der Waals surface area contributed by atoms with Gasteiger partial charge in [-0.25, -0.2) is 5.43 Å². The van der Waals surface area contributed by atoms with Gasteiger partial charge in [0.25, 0.3) is 0 Å². The molecule has 3 aromatic rings. The number of nitrogens with zero attached hydrogens (tertiary/aromatic N) is 2. The molecule has 1 aromatic heterocycles. The van der Waals surface area contributed by atoms with E-state index in [0.29, 0.717) is 10.6 Å². The van der Waals surface area contributed by atoms with E-state index < -0.39 is 5.91 Å². The molecule has 1 amide bonds. The maximum absolute atomic E-state index is 12.2. The summed E-state index contributed by atoms with van der Waals surface area (Å²) in [5, 5.41) is 5.39. The molecule has 1 fully saturated rings. The van der Waals surface area contributed by atoms with Crippen molar-refractivity contribution in [2.45, 2.75) is 12.8 Å². The monoisotopic (exact) mass is 367 g/mol. The fourth-order valence-electron chi connectivity index (χ4n) is 3.09. The lowest BCUT2D eigenvalue weighted by Gasteiger charge is -2.17. The van der Waals surface area contributed by atoms with E-state index >= 15 is 0 Å². The van der Waals surface area contributed by atoms with Crippen molar-refractivity contribution in [1.29, 1.82) is 0 Å². The first-order valence-electron chi connectivity index (χ1n) is 8.56. The molecule has 1 N–H and O–H groups in total. The second-order valence-corrected chi connectivity index (χ2v) is 6.71. The molecule has 0 bridgehead atoms. The average molecular weight is 368 g/mol. The number of hydrazone groups is 1. The van der Waals surface area contributed by atoms with Crippen LogP contribution in [-0.4, -0.2) is 25.2 Å². The molecule has 0 aliphatic carbocycles. The standard InChI is InChI=1S/C20H18ClN3O2/c21-16-5-8-18-15(11-16)12-19(26-18)20(25)23-22-13-14-3-6-17(7-4-14)24-9-1-2-10-24/h3-8,11-13H,1-2,9-10H2,(H,23,25)/b22-13-. The molecule has 2 heterocycles. The van der Waals surface area contributed by atoms with E-state index in [4.69, 9.17) is 16.0 Å². The maximum atomic E-state index is 12.2. The first kappa shape index (κ1) is 16.7. The topological polar surface area (TPSA) is 57.8 Å². The third-order valence-corrected chi connectivity index (χ3v) is 4.68. The van der Waals surface area contributed by atoms with Crippen molar-refractivity contribution in [1.82, 2.24) is 5.43 Å². The molecule has 2 aromatic carbocycles. The Morgan fingerprint density at radius 2 is 1.88 bits per heavy atom. The van der Waals surface area contributed by atoms with Crippen LogP contribution < -0.4 is 10.3 Å². The van der Waals surface area contributed by atoms with E-state index in [1.807, 2.05) is 12.1 Å². The normalized spacial score (nSPS) is 14.4. The molecule has 5 nitrogen and oxygen atoms in total. The number of hydrogen-bond acceptors (Lipinski definition) is 4. The molecule has 132 valence electrons. The van der Waals surface area contributed by atoms with Gasteiger partial charge in [-0.3, -0.25) is 4.79 Å². The number of hydrogen-bond donors (Lipinski definition) is 1. The molecule has 0 radical (unpaired) electrons. The summed E-state index contributed by atoms with van der Waals surface area (Å²) >= 11 is 5.94. The van der Waals surface area contributed by atoms with Gasteiger partial charge in [0.05, 0.1) is 6.21 Å². The van der Waals surface area contributed by atoms with Gasteiger partial charge in [-0.05, 0) is 54.8 Å². The average Bonchev–Trinajstić information content (AvgIpc) is 3.31. The fourth-order valence-corrected chi connectivity index (χ4v) is 3.27. The summed E-state index contributed by atoms with van der Waals surface area (Å²) in [7, 11) is 0. The number of carbonyl (C=O) groups excluding carboxylic acids is 1. The van der Waals surface area contributed by atoms with Crippen LogP contribution in [0, 0.1) is 0 Å². The number of furan rings is 1. The Morgan fingerprint density at radius 1 is 1.12 bits per heavy atom. The maximum Gasteiger partial charge on any atom is 0.307 e. The fraction of sp³-hybridized carbons (Fsp3) is 0.200. The second-order valence-electron chi connectivity index (χ2n) is 6.28. The van der Waals surface area contributed by atoms with E-state index in [9.17, 15) is 4.79 Å². The molecule has 1 saturated heterocycles. The molecule has 0 saturated carbocycles. The highest BCUT2D eigenvalue weighted by Gasteiger charge is 2.12. The largest absolute Gasteiger partial charge is 0.451 e. The van der Waals surface area contributed by atoms with Crippen molar-refractivity contribution in [2.75, 3.05) is 18.0 Å². The Morgan fingerprint density at radius 3 is 2.65 bits per heavy atom. The molecule has 26 heavy (non-hydrogen) atoms. The zero-order valence-electron chi connectivity index (χ0n) is 14.1. The SMILES string of the molecule is O=C(N/N=C\c1ccc(N2CCCC2)cc1)c1cc2cc(Cl)ccc2o1. The Hall–Kier alpha value is -2.79. The molecule has 0 spiro atoms. The molecule has 1 aliphatic rings. The lowest BCUT2D eigenvalue weighted by atomic mass is 10.2. The van der Waals surface area contributed by atoms with Crippen LogP contribution >= 0.6 is 11.6 Å². The Balaban J connectivity index is 1.39. The van der Waals surface area contributed by atoms with Gasteiger partial charge in [0.2, 0.25) is 0 Å². The van der Waals surface area contributed by atoms with Crippen molar-refractivity contribution >= 4 is 40.4 Å². The summed E-state index contributed by atoms with van der Waals surface area (Å²) in [5.74, 6) is -0.203. The minimum absolute atomic E-state index is 0.198. The van der Waals surface area contributed by atoms with Crippen LogP contribution in [0.4, 0.5) is 5.69 Å². The lowest BCUT2D eigenvalue weighted by molar-refractivity contribution is 0.0929. The van der Waals surface area contributed by atoms with Gasteiger partial charge >= 0.3 is 5.91 Å². The van der Waals surface area contributed by atoms with Crippen molar-refractivity contribution < 1.29 is 9.21 Å². The van der Waals surface area contributed by atoms with Crippen molar-refractivity contribution in [3.8, 4) is 0 Å². The highest BCUT2D eigenvalue weighted by Crippen LogP contribution is 2.23. The lowest BCUT2D eigenvalue weighted by Crippen LogP contribution is -2.17. The van der Waals surface area contributed by atoms with Gasteiger partial charge in [-0.2, -0.15) is 5.10 Å². The molecular formula is C20H18ClN3O2. The van der Waals surface area contributed by atoms with Crippen LogP contribution in [0.3, 0.4) is 0 Å². The number of nitrogens with one attached hydrogen (secondary N) is 1. The predicted molar refractivity (Wildman–Crippen MR) is 104 cm³/mol. The van der Waals surface area contributed by atoms with Gasteiger partial charge in [-0.1, -0.05) is 23.7 Å². The first-order chi connectivity index (χ1) is 12.7. The van der Waals surface area contributed by atoms with E-state index in [1.165, 1.54) is 18.5 Å². The van der Waals surface area contributed by atoms with E-state index in [2.05, 4.69) is 27.6 Å². The minimum Gasteiger partial charge on any atom is -0.451 e. The van der Waals surface area contributed by atoms with Crippen LogP contribution in [0.5, 0.6) is 0 Å². The summed E-state index contributed by atoms with van der Waals surface area (Å²) in [5.41, 5.74) is 5.25. The second kappa shape index (κ2) is 7.22. The summed E-state index contributed by atoms with van der Waals surface area (Å²) in [6.07, 6.45) is 4.12. The number of fused-ring (bicyclic) bond motifs is 1.